The molecule has 0 radical (unpaired) electrons. The summed E-state index contributed by atoms with van der Waals surface area (Å²) >= 11 is 0. The van der Waals surface area contributed by atoms with Crippen LogP contribution < -0.4 is 9.13 Å². The molecule has 0 N–H and O–H groups in total. The van der Waals surface area contributed by atoms with Crippen LogP contribution in [0.15, 0.2) is 109 Å². The van der Waals surface area contributed by atoms with E-state index in [0.717, 1.165) is 24.2 Å². The third kappa shape index (κ3) is 4.41. The van der Waals surface area contributed by atoms with Crippen LogP contribution in [0.4, 0.5) is 0 Å². The van der Waals surface area contributed by atoms with Crippen molar-refractivity contribution < 1.29 is 9.13 Å². The lowest BCUT2D eigenvalue weighted by Gasteiger charge is -2.26. The molecule has 2 heterocycles. The Labute approximate surface area is 260 Å². The van der Waals surface area contributed by atoms with Crippen molar-refractivity contribution in [3.63, 3.8) is 0 Å². The van der Waals surface area contributed by atoms with Crippen molar-refractivity contribution in [2.24, 2.45) is 7.05 Å². The van der Waals surface area contributed by atoms with E-state index in [1.165, 1.54) is 61.0 Å². The first-order valence-corrected chi connectivity index (χ1v) is 15.4. The third-order valence-electron chi connectivity index (χ3n) is 9.52. The maximum absolute atomic E-state index is 9.70. The number of pyridine rings is 2. The molecule has 0 aliphatic heterocycles. The SMILES string of the molecule is Cc1cc[n+](C)c(-c2cc(C#N)ccc2CC[n+]2ccccc2-c2c(C)ccc3c2C(C)(C)c2c-3ccc3ccccc23)c1. The van der Waals surface area contributed by atoms with E-state index < -0.39 is 0 Å². The lowest BCUT2D eigenvalue weighted by atomic mass is 9.77. The summed E-state index contributed by atoms with van der Waals surface area (Å²) < 4.78 is 4.56. The summed E-state index contributed by atoms with van der Waals surface area (Å²) in [6, 6.07) is 37.4. The molecule has 2 aromatic heterocycles. The zero-order valence-corrected chi connectivity index (χ0v) is 26.1. The maximum atomic E-state index is 9.70. The van der Waals surface area contributed by atoms with Crippen molar-refractivity contribution in [2.45, 2.75) is 46.1 Å². The van der Waals surface area contributed by atoms with Crippen molar-refractivity contribution in [3.05, 3.63) is 143 Å². The Bertz CT molecular complexity index is 2150. The van der Waals surface area contributed by atoms with Crippen LogP contribution in [0.25, 0.3) is 44.4 Å². The molecule has 7 rings (SSSR count). The fourth-order valence-electron chi connectivity index (χ4n) is 7.39. The smallest absolute Gasteiger partial charge is 0.201 e. The highest BCUT2D eigenvalue weighted by Crippen LogP contribution is 2.54. The highest BCUT2D eigenvalue weighted by Gasteiger charge is 2.40. The summed E-state index contributed by atoms with van der Waals surface area (Å²) in [5.41, 5.74) is 14.6. The molecule has 0 spiro atoms. The number of aryl methyl sites for hydroxylation is 5. The van der Waals surface area contributed by atoms with Crippen molar-refractivity contribution >= 4 is 10.8 Å². The predicted molar refractivity (Wildman–Crippen MR) is 178 cm³/mol. The molecule has 0 amide bonds. The molecule has 0 atom stereocenters. The van der Waals surface area contributed by atoms with Crippen molar-refractivity contribution in [2.75, 3.05) is 0 Å². The van der Waals surface area contributed by atoms with Crippen LogP contribution in [-0.4, -0.2) is 0 Å². The molecule has 0 saturated heterocycles. The van der Waals surface area contributed by atoms with Gasteiger partial charge in [0.15, 0.2) is 18.9 Å². The zero-order valence-electron chi connectivity index (χ0n) is 26.1. The lowest BCUT2D eigenvalue weighted by Crippen LogP contribution is -2.38. The van der Waals surface area contributed by atoms with Gasteiger partial charge in [0, 0.05) is 36.1 Å². The van der Waals surface area contributed by atoms with Gasteiger partial charge in [0.05, 0.1) is 22.8 Å². The zero-order chi connectivity index (χ0) is 30.6. The number of hydrogen-bond donors (Lipinski definition) is 0. The fourth-order valence-corrected chi connectivity index (χ4v) is 7.39. The number of nitrogens with zero attached hydrogens (tertiary/aromatic N) is 3. The first kappa shape index (κ1) is 27.7. The first-order valence-electron chi connectivity index (χ1n) is 15.4. The topological polar surface area (TPSA) is 31.5 Å². The molecule has 0 bridgehead atoms. The average molecular weight is 572 g/mol. The van der Waals surface area contributed by atoms with E-state index in [-0.39, 0.29) is 5.41 Å². The van der Waals surface area contributed by atoms with Gasteiger partial charge in [0.2, 0.25) is 11.4 Å². The quantitative estimate of drug-likeness (QED) is 0.192. The largest absolute Gasteiger partial charge is 0.213 e. The molecular weight excluding hydrogens is 534 g/mol. The van der Waals surface area contributed by atoms with Gasteiger partial charge in [-0.15, -0.1) is 0 Å². The Kier molecular flexibility index (Phi) is 6.67. The number of hydrogen-bond acceptors (Lipinski definition) is 1. The van der Waals surface area contributed by atoms with Crippen LogP contribution in [0, 0.1) is 25.2 Å². The van der Waals surface area contributed by atoms with Crippen LogP contribution in [0.2, 0.25) is 0 Å². The van der Waals surface area contributed by atoms with Gasteiger partial charge in [-0.1, -0.05) is 68.4 Å². The molecule has 0 unspecified atom stereocenters. The predicted octanol–water partition coefficient (Wildman–Crippen LogP) is 8.32. The highest BCUT2D eigenvalue weighted by molar-refractivity contribution is 5.99. The maximum Gasteiger partial charge on any atom is 0.213 e. The Morgan fingerprint density at radius 1 is 0.727 bits per heavy atom. The van der Waals surface area contributed by atoms with Crippen molar-refractivity contribution in [3.8, 4) is 39.7 Å². The minimum Gasteiger partial charge on any atom is -0.201 e. The van der Waals surface area contributed by atoms with Crippen LogP contribution in [0.1, 0.15) is 47.2 Å². The molecule has 1 aliphatic carbocycles. The van der Waals surface area contributed by atoms with Crippen molar-refractivity contribution in [1.82, 2.24) is 0 Å². The molecule has 4 aromatic carbocycles. The normalized spacial score (nSPS) is 13.0. The van der Waals surface area contributed by atoms with E-state index in [4.69, 9.17) is 0 Å². The number of fused-ring (bicyclic) bond motifs is 5. The number of rotatable bonds is 5. The molecule has 44 heavy (non-hydrogen) atoms. The Morgan fingerprint density at radius 3 is 2.34 bits per heavy atom. The summed E-state index contributed by atoms with van der Waals surface area (Å²) in [6.45, 7) is 9.98. The van der Waals surface area contributed by atoms with Gasteiger partial charge in [-0.25, -0.2) is 4.57 Å². The van der Waals surface area contributed by atoms with E-state index in [2.05, 4.69) is 147 Å². The summed E-state index contributed by atoms with van der Waals surface area (Å²) in [6.07, 6.45) is 5.16. The lowest BCUT2D eigenvalue weighted by molar-refractivity contribution is -0.685. The van der Waals surface area contributed by atoms with Gasteiger partial charge in [-0.05, 0) is 81.8 Å². The molecule has 0 saturated carbocycles. The molecular formula is C41H37N3+2. The monoisotopic (exact) mass is 571 g/mol. The molecule has 214 valence electrons. The molecule has 3 heteroatoms. The average Bonchev–Trinajstić information content (AvgIpc) is 3.27. The van der Waals surface area contributed by atoms with Crippen LogP contribution in [-0.2, 0) is 25.4 Å². The Hall–Kier alpha value is -5.07. The summed E-state index contributed by atoms with van der Waals surface area (Å²) in [5.74, 6) is 0. The van der Waals surface area contributed by atoms with E-state index >= 15 is 0 Å². The number of benzene rings is 4. The van der Waals surface area contributed by atoms with Gasteiger partial charge in [-0.2, -0.15) is 9.83 Å². The Balaban J connectivity index is 1.34. The standard InChI is InChI=1S/C41H37N3/c1-27-19-22-43(5)37(24-27)35-25-29(26-42)14-15-31(35)20-23-44-21-9-8-12-36(44)38-28(2)13-17-34-33-18-16-30-10-6-7-11-32(30)39(33)41(3,4)40(34)38/h6-19,21-22,24-25H,20,23H2,1-5H3/q+2. The minimum atomic E-state index is -0.152. The number of nitriles is 1. The van der Waals surface area contributed by atoms with Crippen molar-refractivity contribution in [1.29, 1.82) is 5.26 Å². The number of aromatic nitrogens is 2. The van der Waals surface area contributed by atoms with Crippen LogP contribution in [0.5, 0.6) is 0 Å². The molecule has 0 fully saturated rings. The van der Waals surface area contributed by atoms with Gasteiger partial charge < -0.3 is 0 Å². The summed E-state index contributed by atoms with van der Waals surface area (Å²) in [4.78, 5) is 0. The van der Waals surface area contributed by atoms with E-state index in [1.54, 1.807) is 0 Å². The highest BCUT2D eigenvalue weighted by atomic mass is 15.0. The van der Waals surface area contributed by atoms with Crippen LogP contribution >= 0.6 is 0 Å². The van der Waals surface area contributed by atoms with E-state index in [9.17, 15) is 5.26 Å². The second-order valence-corrected chi connectivity index (χ2v) is 12.7. The van der Waals surface area contributed by atoms with Gasteiger partial charge in [0.1, 0.15) is 7.05 Å². The van der Waals surface area contributed by atoms with Gasteiger partial charge >= 0.3 is 0 Å². The molecule has 1 aliphatic rings. The third-order valence-corrected chi connectivity index (χ3v) is 9.52. The van der Waals surface area contributed by atoms with Gasteiger partial charge in [-0.3, -0.25) is 0 Å². The minimum absolute atomic E-state index is 0.152. The second-order valence-electron chi connectivity index (χ2n) is 12.7. The van der Waals surface area contributed by atoms with E-state index in [1.807, 2.05) is 12.1 Å². The second kappa shape index (κ2) is 10.6. The summed E-state index contributed by atoms with van der Waals surface area (Å²) in [5, 5.41) is 12.3. The first-order chi connectivity index (χ1) is 21.3. The van der Waals surface area contributed by atoms with Gasteiger partial charge in [0.25, 0.3) is 0 Å². The molecule has 3 nitrogen and oxygen atoms in total. The fraction of sp³-hybridized carbons (Fsp3) is 0.195. The Morgan fingerprint density at radius 2 is 1.50 bits per heavy atom. The summed E-state index contributed by atoms with van der Waals surface area (Å²) in [7, 11) is 2.07. The molecule has 6 aromatic rings. The van der Waals surface area contributed by atoms with E-state index in [0.29, 0.717) is 5.56 Å². The van der Waals surface area contributed by atoms with Crippen LogP contribution in [0.3, 0.4) is 0 Å².